The molecule has 1 N–H and O–H groups in total. The molecule has 0 atom stereocenters. The molecule has 3 rings (SSSR count). The van der Waals surface area contributed by atoms with Gasteiger partial charge in [-0.15, -0.1) is 0 Å². The lowest BCUT2D eigenvalue weighted by molar-refractivity contribution is -0.384. The molecular formula is C26H22IN3O5. The van der Waals surface area contributed by atoms with Gasteiger partial charge < -0.3 is 14.8 Å². The number of halogens is 1. The zero-order chi connectivity index (χ0) is 25.5. The van der Waals surface area contributed by atoms with E-state index < -0.39 is 10.8 Å². The number of aryl methyl sites for hydroxylation is 2. The smallest absolute Gasteiger partial charge is 0.271 e. The molecule has 0 aliphatic carbocycles. The second-order valence-corrected chi connectivity index (χ2v) is 8.85. The van der Waals surface area contributed by atoms with Crippen LogP contribution in [0, 0.1) is 38.9 Å². The fraction of sp³-hybridized carbons (Fsp3) is 0.154. The molecule has 0 fully saturated rings. The topological polar surface area (TPSA) is 114 Å². The molecule has 0 spiro atoms. The summed E-state index contributed by atoms with van der Waals surface area (Å²) in [4.78, 5) is 23.2. The zero-order valence-corrected chi connectivity index (χ0v) is 21.5. The Morgan fingerprint density at radius 2 is 1.89 bits per heavy atom. The van der Waals surface area contributed by atoms with E-state index in [9.17, 15) is 20.2 Å². The highest BCUT2D eigenvalue weighted by Crippen LogP contribution is 2.35. The maximum atomic E-state index is 12.7. The maximum absolute atomic E-state index is 12.7. The van der Waals surface area contributed by atoms with Gasteiger partial charge in [-0.2, -0.15) is 5.26 Å². The van der Waals surface area contributed by atoms with Crippen LogP contribution in [0.2, 0.25) is 0 Å². The summed E-state index contributed by atoms with van der Waals surface area (Å²) in [5.41, 5.74) is 3.31. The summed E-state index contributed by atoms with van der Waals surface area (Å²) in [5, 5.41) is 23.2. The van der Waals surface area contributed by atoms with Gasteiger partial charge in [0.1, 0.15) is 18.2 Å². The molecule has 0 aromatic heterocycles. The van der Waals surface area contributed by atoms with Gasteiger partial charge in [0.25, 0.3) is 11.6 Å². The normalized spacial score (nSPS) is 10.9. The van der Waals surface area contributed by atoms with Crippen molar-refractivity contribution >= 4 is 45.9 Å². The van der Waals surface area contributed by atoms with E-state index in [4.69, 9.17) is 9.47 Å². The highest BCUT2D eigenvalue weighted by molar-refractivity contribution is 14.1. The minimum absolute atomic E-state index is 0.158. The summed E-state index contributed by atoms with van der Waals surface area (Å²) in [6, 6.07) is 17.5. The quantitative estimate of drug-likeness (QED) is 0.115. The van der Waals surface area contributed by atoms with Crippen LogP contribution in [0.5, 0.6) is 11.5 Å². The number of ether oxygens (including phenoxy) is 2. The van der Waals surface area contributed by atoms with Gasteiger partial charge in [0.15, 0.2) is 11.5 Å². The molecule has 178 valence electrons. The number of anilines is 1. The highest BCUT2D eigenvalue weighted by atomic mass is 127. The van der Waals surface area contributed by atoms with Crippen LogP contribution in [0.3, 0.4) is 0 Å². The van der Waals surface area contributed by atoms with Crippen LogP contribution in [0.15, 0.2) is 60.2 Å². The van der Waals surface area contributed by atoms with Crippen molar-refractivity contribution in [2.24, 2.45) is 0 Å². The second-order valence-electron chi connectivity index (χ2n) is 7.69. The van der Waals surface area contributed by atoms with Crippen molar-refractivity contribution in [1.29, 1.82) is 5.26 Å². The Labute approximate surface area is 216 Å². The molecule has 0 aliphatic heterocycles. The van der Waals surface area contributed by atoms with Crippen LogP contribution in [0.1, 0.15) is 22.3 Å². The average molecular weight is 583 g/mol. The first-order chi connectivity index (χ1) is 16.7. The van der Waals surface area contributed by atoms with Crippen molar-refractivity contribution in [2.75, 3.05) is 12.4 Å². The third kappa shape index (κ3) is 6.58. The lowest BCUT2D eigenvalue weighted by atomic mass is 10.1. The van der Waals surface area contributed by atoms with Crippen LogP contribution >= 0.6 is 22.6 Å². The van der Waals surface area contributed by atoms with E-state index in [0.29, 0.717) is 29.2 Å². The highest BCUT2D eigenvalue weighted by Gasteiger charge is 2.16. The number of nitro groups is 1. The van der Waals surface area contributed by atoms with Crippen molar-refractivity contribution in [3.8, 4) is 17.6 Å². The molecule has 3 aromatic rings. The third-order valence-electron chi connectivity index (χ3n) is 5.11. The first kappa shape index (κ1) is 25.7. The molecule has 0 heterocycles. The summed E-state index contributed by atoms with van der Waals surface area (Å²) in [5.74, 6) is 0.341. The number of hydrogen-bond donors (Lipinski definition) is 1. The number of benzene rings is 3. The molecule has 0 bridgehead atoms. The largest absolute Gasteiger partial charge is 0.493 e. The number of amides is 1. The van der Waals surface area contributed by atoms with Crippen molar-refractivity contribution in [1.82, 2.24) is 0 Å². The summed E-state index contributed by atoms with van der Waals surface area (Å²) >= 11 is 2.11. The first-order valence-electron chi connectivity index (χ1n) is 10.5. The SMILES string of the molecule is COc1cc(/C=C(\C#N)C(=O)Nc2cc([N+](=O)[O-])ccc2C)cc(I)c1OCc1ccc(C)cc1. The summed E-state index contributed by atoms with van der Waals surface area (Å²) < 4.78 is 12.2. The molecule has 9 heteroatoms. The van der Waals surface area contributed by atoms with Crippen molar-refractivity contribution < 1.29 is 19.2 Å². The van der Waals surface area contributed by atoms with E-state index in [1.165, 1.54) is 31.4 Å². The van der Waals surface area contributed by atoms with Gasteiger partial charge in [0.05, 0.1) is 21.3 Å². The molecular weight excluding hydrogens is 561 g/mol. The van der Waals surface area contributed by atoms with Gasteiger partial charge in [-0.05, 0) is 71.3 Å². The Kier molecular flexibility index (Phi) is 8.43. The molecule has 0 radical (unpaired) electrons. The molecule has 1 amide bonds. The monoisotopic (exact) mass is 583 g/mol. The fourth-order valence-corrected chi connectivity index (χ4v) is 3.95. The lowest BCUT2D eigenvalue weighted by Gasteiger charge is -2.14. The summed E-state index contributed by atoms with van der Waals surface area (Å²) in [6.07, 6.45) is 1.43. The van der Waals surface area contributed by atoms with Gasteiger partial charge in [-0.1, -0.05) is 35.9 Å². The molecule has 3 aromatic carbocycles. The Balaban J connectivity index is 1.84. The molecule has 0 saturated heterocycles. The summed E-state index contributed by atoms with van der Waals surface area (Å²) in [7, 11) is 1.51. The predicted molar refractivity (Wildman–Crippen MR) is 141 cm³/mol. The number of nitrogens with zero attached hydrogens (tertiary/aromatic N) is 2. The molecule has 35 heavy (non-hydrogen) atoms. The number of nitriles is 1. The Morgan fingerprint density at radius 3 is 2.51 bits per heavy atom. The molecule has 0 aliphatic rings. The van der Waals surface area contributed by atoms with Crippen LogP contribution in [-0.4, -0.2) is 17.9 Å². The van der Waals surface area contributed by atoms with E-state index in [2.05, 4.69) is 27.9 Å². The van der Waals surface area contributed by atoms with E-state index in [-0.39, 0.29) is 16.9 Å². The minimum Gasteiger partial charge on any atom is -0.493 e. The van der Waals surface area contributed by atoms with Crippen LogP contribution in [-0.2, 0) is 11.4 Å². The van der Waals surface area contributed by atoms with Crippen LogP contribution in [0.4, 0.5) is 11.4 Å². The standard InChI is InChI=1S/C26H22IN3O5/c1-16-4-7-18(8-5-16)15-35-25-22(27)11-19(12-24(25)34-3)10-20(14-28)26(31)29-23-13-21(30(32)33)9-6-17(23)2/h4-13H,15H2,1-3H3,(H,29,31)/b20-10+. The third-order valence-corrected chi connectivity index (χ3v) is 5.91. The number of nitrogens with one attached hydrogen (secondary N) is 1. The zero-order valence-electron chi connectivity index (χ0n) is 19.3. The number of hydrogen-bond acceptors (Lipinski definition) is 6. The van der Waals surface area contributed by atoms with Crippen molar-refractivity contribution in [2.45, 2.75) is 20.5 Å². The van der Waals surface area contributed by atoms with Crippen LogP contribution in [0.25, 0.3) is 6.08 Å². The first-order valence-corrected chi connectivity index (χ1v) is 11.5. The maximum Gasteiger partial charge on any atom is 0.271 e. The lowest BCUT2D eigenvalue weighted by Crippen LogP contribution is -2.14. The number of carbonyl (C=O) groups excluding carboxylic acids is 1. The van der Waals surface area contributed by atoms with Gasteiger partial charge in [-0.25, -0.2) is 0 Å². The van der Waals surface area contributed by atoms with Gasteiger partial charge in [0, 0.05) is 12.1 Å². The number of non-ortho nitro benzene ring substituents is 1. The van der Waals surface area contributed by atoms with Crippen molar-refractivity contribution in [3.63, 3.8) is 0 Å². The minimum atomic E-state index is -0.676. The van der Waals surface area contributed by atoms with Gasteiger partial charge >= 0.3 is 0 Å². The van der Waals surface area contributed by atoms with Crippen LogP contribution < -0.4 is 14.8 Å². The Hall–Kier alpha value is -3.91. The molecule has 0 saturated carbocycles. The van der Waals surface area contributed by atoms with E-state index in [0.717, 1.165) is 14.7 Å². The van der Waals surface area contributed by atoms with Crippen molar-refractivity contribution in [3.05, 3.63) is 96.1 Å². The molecule has 0 unspecified atom stereocenters. The summed E-state index contributed by atoms with van der Waals surface area (Å²) in [6.45, 7) is 4.08. The van der Waals surface area contributed by atoms with Gasteiger partial charge in [0.2, 0.25) is 0 Å². The number of nitro benzene ring substituents is 1. The molecule has 8 nitrogen and oxygen atoms in total. The second kappa shape index (κ2) is 11.5. The number of methoxy groups -OCH3 is 1. The van der Waals surface area contributed by atoms with E-state index in [1.807, 2.05) is 37.3 Å². The van der Waals surface area contributed by atoms with E-state index >= 15 is 0 Å². The fourth-order valence-electron chi connectivity index (χ4n) is 3.17. The number of carbonyl (C=O) groups is 1. The van der Waals surface area contributed by atoms with Gasteiger partial charge in [-0.3, -0.25) is 14.9 Å². The average Bonchev–Trinajstić information content (AvgIpc) is 2.83. The Morgan fingerprint density at radius 1 is 1.17 bits per heavy atom. The predicted octanol–water partition coefficient (Wildman–Crippen LogP) is 5.95. The Bertz CT molecular complexity index is 1340. The number of rotatable bonds is 8. The van der Waals surface area contributed by atoms with E-state index in [1.54, 1.807) is 19.1 Å².